The first-order chi connectivity index (χ1) is 13.1. The zero-order valence-corrected chi connectivity index (χ0v) is 16.6. The van der Waals surface area contributed by atoms with Gasteiger partial charge in [0.2, 0.25) is 0 Å². The highest BCUT2D eigenvalue weighted by Crippen LogP contribution is 2.45. The van der Waals surface area contributed by atoms with Crippen molar-refractivity contribution >= 4 is 0 Å². The summed E-state index contributed by atoms with van der Waals surface area (Å²) < 4.78 is 0. The van der Waals surface area contributed by atoms with Crippen LogP contribution in [0.15, 0.2) is 72.8 Å². The minimum Gasteiger partial charge on any atom is -0.312 e. The molecule has 3 aromatic carbocycles. The van der Waals surface area contributed by atoms with E-state index in [-0.39, 0.29) is 5.41 Å². The summed E-state index contributed by atoms with van der Waals surface area (Å²) in [4.78, 5) is 0. The maximum absolute atomic E-state index is 3.85. The fourth-order valence-electron chi connectivity index (χ4n) is 4.83. The molecule has 0 aromatic heterocycles. The van der Waals surface area contributed by atoms with Gasteiger partial charge in [-0.2, -0.15) is 0 Å². The number of aryl methyl sites for hydroxylation is 3. The van der Waals surface area contributed by atoms with E-state index in [0.717, 1.165) is 6.54 Å². The van der Waals surface area contributed by atoms with Gasteiger partial charge in [0.05, 0.1) is 5.41 Å². The quantitative estimate of drug-likeness (QED) is 0.592. The predicted octanol–water partition coefficient (Wildman–Crippen LogP) is 5.70. The molecule has 4 rings (SSSR count). The van der Waals surface area contributed by atoms with Gasteiger partial charge >= 0.3 is 0 Å². The molecule has 1 aliphatic heterocycles. The van der Waals surface area contributed by atoms with E-state index in [0.29, 0.717) is 6.04 Å². The van der Waals surface area contributed by atoms with Gasteiger partial charge < -0.3 is 5.32 Å². The van der Waals surface area contributed by atoms with Gasteiger partial charge in [-0.25, -0.2) is 0 Å². The molecule has 1 aliphatic rings. The van der Waals surface area contributed by atoms with E-state index >= 15 is 0 Å². The number of hydrogen-bond donors (Lipinski definition) is 1. The lowest BCUT2D eigenvalue weighted by atomic mass is 9.63. The van der Waals surface area contributed by atoms with Crippen molar-refractivity contribution in [1.29, 1.82) is 0 Å². The summed E-state index contributed by atoms with van der Waals surface area (Å²) in [6.45, 7) is 7.68. The summed E-state index contributed by atoms with van der Waals surface area (Å²) >= 11 is 0. The Kier molecular flexibility index (Phi) is 4.88. The monoisotopic (exact) mass is 355 g/mol. The van der Waals surface area contributed by atoms with Crippen LogP contribution in [-0.2, 0) is 5.41 Å². The lowest BCUT2D eigenvalue weighted by Crippen LogP contribution is -2.47. The summed E-state index contributed by atoms with van der Waals surface area (Å²) in [7, 11) is 0. The molecule has 1 fully saturated rings. The zero-order valence-electron chi connectivity index (χ0n) is 16.6. The first-order valence-corrected chi connectivity index (χ1v) is 10.1. The molecule has 0 amide bonds. The van der Waals surface area contributed by atoms with Crippen LogP contribution in [0.4, 0.5) is 0 Å². The third-order valence-corrected chi connectivity index (χ3v) is 6.00. The maximum atomic E-state index is 3.85. The standard InChI is InChI=1S/C26H29N/c1-19-8-4-11-22(16-19)26(25-14-7-15-27-25,23-12-5-9-20(2)17-23)24-13-6-10-21(3)18-24/h4-6,8-13,16-18,25,27H,7,14-15H2,1-3H3/t25-/m1/s1. The van der Waals surface area contributed by atoms with Crippen LogP contribution in [0.2, 0.25) is 0 Å². The molecular formula is C26H29N. The van der Waals surface area contributed by atoms with Gasteiger partial charge in [0, 0.05) is 6.04 Å². The normalized spacial score (nSPS) is 17.2. The van der Waals surface area contributed by atoms with Gasteiger partial charge in [-0.05, 0) is 56.8 Å². The molecular weight excluding hydrogens is 326 g/mol. The van der Waals surface area contributed by atoms with E-state index in [9.17, 15) is 0 Å². The van der Waals surface area contributed by atoms with Crippen LogP contribution >= 0.6 is 0 Å². The fraction of sp³-hybridized carbons (Fsp3) is 0.308. The Bertz CT molecular complexity index is 823. The first kappa shape index (κ1) is 18.0. The molecule has 0 aliphatic carbocycles. The zero-order chi connectivity index (χ0) is 18.9. The van der Waals surface area contributed by atoms with Gasteiger partial charge in [-0.1, -0.05) is 89.5 Å². The highest BCUT2D eigenvalue weighted by Gasteiger charge is 2.44. The van der Waals surface area contributed by atoms with Crippen molar-refractivity contribution in [2.45, 2.75) is 45.1 Å². The van der Waals surface area contributed by atoms with Gasteiger partial charge in [0.1, 0.15) is 0 Å². The van der Waals surface area contributed by atoms with E-state index in [1.165, 1.54) is 46.2 Å². The summed E-state index contributed by atoms with van der Waals surface area (Å²) in [5, 5.41) is 3.85. The molecule has 1 heteroatoms. The summed E-state index contributed by atoms with van der Waals surface area (Å²) in [5.74, 6) is 0. The van der Waals surface area contributed by atoms with Gasteiger partial charge in [0.25, 0.3) is 0 Å². The number of rotatable bonds is 4. The van der Waals surface area contributed by atoms with Gasteiger partial charge in [0.15, 0.2) is 0 Å². The van der Waals surface area contributed by atoms with Crippen LogP contribution in [0.1, 0.15) is 46.2 Å². The van der Waals surface area contributed by atoms with Crippen molar-refractivity contribution in [3.05, 3.63) is 106 Å². The summed E-state index contributed by atoms with van der Waals surface area (Å²) in [5.41, 5.74) is 7.93. The van der Waals surface area contributed by atoms with E-state index < -0.39 is 0 Å². The Morgan fingerprint density at radius 2 is 1.15 bits per heavy atom. The lowest BCUT2D eigenvalue weighted by Gasteiger charge is -2.42. The highest BCUT2D eigenvalue weighted by atomic mass is 15.0. The van der Waals surface area contributed by atoms with Crippen molar-refractivity contribution in [2.24, 2.45) is 0 Å². The number of nitrogens with one attached hydrogen (secondary N) is 1. The first-order valence-electron chi connectivity index (χ1n) is 10.1. The van der Waals surface area contributed by atoms with E-state index in [4.69, 9.17) is 0 Å². The molecule has 1 N–H and O–H groups in total. The van der Waals surface area contributed by atoms with Crippen molar-refractivity contribution < 1.29 is 0 Å². The van der Waals surface area contributed by atoms with Crippen LogP contribution in [0.3, 0.4) is 0 Å². The molecule has 0 spiro atoms. The molecule has 1 nitrogen and oxygen atoms in total. The second-order valence-corrected chi connectivity index (χ2v) is 8.07. The maximum Gasteiger partial charge on any atom is 0.0604 e. The average Bonchev–Trinajstić information content (AvgIpc) is 3.18. The average molecular weight is 356 g/mol. The highest BCUT2D eigenvalue weighted by molar-refractivity contribution is 5.54. The van der Waals surface area contributed by atoms with Crippen molar-refractivity contribution in [3.8, 4) is 0 Å². The number of hydrogen-bond acceptors (Lipinski definition) is 1. The van der Waals surface area contributed by atoms with Crippen LogP contribution in [-0.4, -0.2) is 12.6 Å². The van der Waals surface area contributed by atoms with Gasteiger partial charge in [-0.3, -0.25) is 0 Å². The fourth-order valence-corrected chi connectivity index (χ4v) is 4.83. The molecule has 1 atom stereocenters. The van der Waals surface area contributed by atoms with E-state index in [1.54, 1.807) is 0 Å². The summed E-state index contributed by atoms with van der Waals surface area (Å²) in [6.07, 6.45) is 2.42. The molecule has 0 radical (unpaired) electrons. The molecule has 3 aromatic rings. The Morgan fingerprint density at radius 1 is 0.704 bits per heavy atom. The van der Waals surface area contributed by atoms with Crippen LogP contribution < -0.4 is 5.32 Å². The molecule has 27 heavy (non-hydrogen) atoms. The van der Waals surface area contributed by atoms with E-state index in [1.807, 2.05) is 0 Å². The van der Waals surface area contributed by atoms with Crippen LogP contribution in [0.5, 0.6) is 0 Å². The minimum absolute atomic E-state index is 0.180. The SMILES string of the molecule is Cc1cccc(C(c2cccc(C)c2)(c2cccc(C)c2)[C@H]2CCCN2)c1. The van der Waals surface area contributed by atoms with Crippen molar-refractivity contribution in [2.75, 3.05) is 6.54 Å². The van der Waals surface area contributed by atoms with Crippen molar-refractivity contribution in [3.63, 3.8) is 0 Å². The molecule has 1 heterocycles. The predicted molar refractivity (Wildman–Crippen MR) is 114 cm³/mol. The second-order valence-electron chi connectivity index (χ2n) is 8.07. The van der Waals surface area contributed by atoms with Crippen molar-refractivity contribution in [1.82, 2.24) is 5.32 Å². The van der Waals surface area contributed by atoms with E-state index in [2.05, 4.69) is 98.9 Å². The third-order valence-electron chi connectivity index (χ3n) is 6.00. The Balaban J connectivity index is 2.08. The molecule has 1 saturated heterocycles. The number of benzene rings is 3. The minimum atomic E-state index is -0.180. The topological polar surface area (TPSA) is 12.0 Å². The second kappa shape index (κ2) is 7.32. The Labute approximate surface area is 163 Å². The third kappa shape index (κ3) is 3.21. The molecule has 0 saturated carbocycles. The van der Waals surface area contributed by atoms with Crippen LogP contribution in [0, 0.1) is 20.8 Å². The smallest absolute Gasteiger partial charge is 0.0604 e. The lowest BCUT2D eigenvalue weighted by molar-refractivity contribution is 0.435. The Hall–Kier alpha value is -2.38. The summed E-state index contributed by atoms with van der Waals surface area (Å²) in [6, 6.07) is 27.7. The Morgan fingerprint density at radius 3 is 1.48 bits per heavy atom. The van der Waals surface area contributed by atoms with Crippen LogP contribution in [0.25, 0.3) is 0 Å². The molecule has 138 valence electrons. The molecule has 0 unspecified atom stereocenters. The van der Waals surface area contributed by atoms with Gasteiger partial charge in [-0.15, -0.1) is 0 Å². The largest absolute Gasteiger partial charge is 0.312 e. The molecule has 0 bridgehead atoms.